The molecule has 4 atom stereocenters. The van der Waals surface area contributed by atoms with Gasteiger partial charge in [-0.1, -0.05) is 79.7 Å². The van der Waals surface area contributed by atoms with Gasteiger partial charge in [0, 0.05) is 0 Å². The highest BCUT2D eigenvalue weighted by atomic mass is 16.5. The molecule has 3 N–H and O–H groups in total. The second-order valence-corrected chi connectivity index (χ2v) is 8.68. The predicted molar refractivity (Wildman–Crippen MR) is 140 cm³/mol. The summed E-state index contributed by atoms with van der Waals surface area (Å²) in [4.78, 5) is 38.6. The Hall–Kier alpha value is -3.71. The number of hydrogen-bond acceptors (Lipinski definition) is 5. The maximum atomic E-state index is 13.2. The molecule has 0 fully saturated rings. The van der Waals surface area contributed by atoms with Gasteiger partial charge in [0.15, 0.2) is 0 Å². The molecule has 0 aliphatic rings. The quantitative estimate of drug-likeness (QED) is 0.201. The third-order valence-electron chi connectivity index (χ3n) is 5.76. The van der Waals surface area contributed by atoms with Gasteiger partial charge >= 0.3 is 5.97 Å². The van der Waals surface area contributed by atoms with E-state index in [0.29, 0.717) is 12.8 Å². The van der Waals surface area contributed by atoms with E-state index >= 15 is 0 Å². The Bertz CT molecular complexity index is 993. The van der Waals surface area contributed by atoms with Crippen molar-refractivity contribution in [3.05, 3.63) is 97.1 Å². The Kier molecular flexibility index (Phi) is 12.1. The number of aliphatic hydroxyl groups excluding tert-OH is 1. The van der Waals surface area contributed by atoms with E-state index in [1.807, 2.05) is 48.5 Å². The fourth-order valence-electron chi connectivity index (χ4n) is 3.72. The van der Waals surface area contributed by atoms with Crippen LogP contribution in [0.5, 0.6) is 0 Å². The highest BCUT2D eigenvalue weighted by Gasteiger charge is 2.29. The Morgan fingerprint density at radius 1 is 0.917 bits per heavy atom. The van der Waals surface area contributed by atoms with Crippen LogP contribution in [0.1, 0.15) is 36.9 Å². The maximum absolute atomic E-state index is 13.2. The average Bonchev–Trinajstić information content (AvgIpc) is 2.89. The number of allylic oxidation sites excluding steroid dienone is 2. The molecule has 2 aromatic carbocycles. The minimum Gasteiger partial charge on any atom is -0.463 e. The van der Waals surface area contributed by atoms with Gasteiger partial charge in [-0.3, -0.25) is 14.4 Å². The van der Waals surface area contributed by atoms with Crippen molar-refractivity contribution in [2.45, 2.75) is 38.3 Å². The van der Waals surface area contributed by atoms with E-state index in [1.165, 1.54) is 6.08 Å². The topological polar surface area (TPSA) is 105 Å². The van der Waals surface area contributed by atoms with E-state index in [0.717, 1.165) is 11.1 Å². The number of hydrogen-bond donors (Lipinski definition) is 3. The normalized spacial score (nSPS) is 13.9. The molecule has 0 saturated heterocycles. The number of amides is 2. The molecule has 1 unspecified atom stereocenters. The molecule has 2 rings (SSSR count). The van der Waals surface area contributed by atoms with Gasteiger partial charge in [0.05, 0.1) is 24.6 Å². The lowest BCUT2D eigenvalue weighted by atomic mass is 9.99. The molecule has 2 amide bonds. The average molecular weight is 493 g/mol. The largest absolute Gasteiger partial charge is 0.463 e. The molecule has 0 radical (unpaired) electrons. The first-order chi connectivity index (χ1) is 17.4. The van der Waals surface area contributed by atoms with E-state index in [9.17, 15) is 19.5 Å². The first-order valence-corrected chi connectivity index (χ1v) is 12.1. The summed E-state index contributed by atoms with van der Waals surface area (Å²) in [6.45, 7) is 8.73. The lowest BCUT2D eigenvalue weighted by molar-refractivity contribution is -0.149. The van der Waals surface area contributed by atoms with Crippen molar-refractivity contribution in [3.8, 4) is 0 Å². The predicted octanol–water partition coefficient (Wildman–Crippen LogP) is 3.51. The number of ether oxygens (including phenoxy) is 1. The molecule has 192 valence electrons. The summed E-state index contributed by atoms with van der Waals surface area (Å²) in [5.74, 6) is -2.81. The molecule has 0 spiro atoms. The van der Waals surface area contributed by atoms with E-state index in [1.54, 1.807) is 25.1 Å². The molecule has 0 bridgehead atoms. The highest BCUT2D eigenvalue weighted by molar-refractivity contribution is 6.00. The fourth-order valence-corrected chi connectivity index (χ4v) is 3.72. The minimum absolute atomic E-state index is 0.0351. The van der Waals surface area contributed by atoms with E-state index in [2.05, 4.69) is 23.8 Å². The van der Waals surface area contributed by atoms with Crippen molar-refractivity contribution >= 4 is 17.8 Å². The van der Waals surface area contributed by atoms with Gasteiger partial charge in [-0.25, -0.2) is 0 Å². The SMILES string of the molecule is C=CCC(C(=O)N[C@H](COC(=O)[C@@H](C)CC=C)Cc1ccccc1)C(=O)N[C@@H](CO)c1ccccc1. The summed E-state index contributed by atoms with van der Waals surface area (Å²) in [6.07, 6.45) is 4.18. The van der Waals surface area contributed by atoms with Crippen LogP contribution in [-0.4, -0.2) is 42.1 Å². The molecular weight excluding hydrogens is 456 g/mol. The molecule has 36 heavy (non-hydrogen) atoms. The standard InChI is InChI=1S/C29H36N2O5/c1-4-12-21(3)29(35)36-20-24(18-22-14-8-6-9-15-22)30-27(33)25(13-5-2)28(34)31-26(19-32)23-16-10-7-11-17-23/h4-11,14-17,21,24-26,32H,1-2,12-13,18-20H2,3H3,(H,30,33)(H,31,34)/t21-,24-,25?,26-/m0/s1. The van der Waals surface area contributed by atoms with Gasteiger partial charge in [-0.2, -0.15) is 0 Å². The van der Waals surface area contributed by atoms with Crippen LogP contribution in [-0.2, 0) is 25.5 Å². The number of aliphatic hydroxyl groups is 1. The zero-order chi connectivity index (χ0) is 26.3. The summed E-state index contributed by atoms with van der Waals surface area (Å²) in [7, 11) is 0. The van der Waals surface area contributed by atoms with Crippen LogP contribution < -0.4 is 10.6 Å². The Morgan fingerprint density at radius 2 is 1.50 bits per heavy atom. The monoisotopic (exact) mass is 492 g/mol. The number of carbonyl (C=O) groups is 3. The van der Waals surface area contributed by atoms with Gasteiger partial charge in [0.2, 0.25) is 11.8 Å². The van der Waals surface area contributed by atoms with Gasteiger partial charge in [-0.15, -0.1) is 13.2 Å². The fraction of sp³-hybridized carbons (Fsp3) is 0.345. The number of carbonyl (C=O) groups excluding carboxylic acids is 3. The molecular formula is C29H36N2O5. The highest BCUT2D eigenvalue weighted by Crippen LogP contribution is 2.15. The van der Waals surface area contributed by atoms with Gasteiger partial charge in [-0.05, 0) is 30.4 Å². The molecule has 2 aromatic rings. The summed E-state index contributed by atoms with van der Waals surface area (Å²) in [5.41, 5.74) is 1.68. The second kappa shape index (κ2) is 15.3. The first-order valence-electron chi connectivity index (χ1n) is 12.1. The van der Waals surface area contributed by atoms with Crippen LogP contribution in [0.3, 0.4) is 0 Å². The van der Waals surface area contributed by atoms with E-state index < -0.39 is 29.8 Å². The Balaban J connectivity index is 2.13. The van der Waals surface area contributed by atoms with Crippen LogP contribution >= 0.6 is 0 Å². The van der Waals surface area contributed by atoms with Gasteiger partial charge in [0.1, 0.15) is 12.5 Å². The zero-order valence-corrected chi connectivity index (χ0v) is 20.8. The van der Waals surface area contributed by atoms with E-state index in [4.69, 9.17) is 4.74 Å². The molecule has 0 aromatic heterocycles. The number of esters is 1. The minimum atomic E-state index is -1.06. The molecule has 0 heterocycles. The number of benzene rings is 2. The Morgan fingerprint density at radius 3 is 2.08 bits per heavy atom. The molecule has 0 saturated carbocycles. The lowest BCUT2D eigenvalue weighted by Gasteiger charge is -2.24. The summed E-state index contributed by atoms with van der Waals surface area (Å²) in [5, 5.41) is 15.4. The van der Waals surface area contributed by atoms with Gasteiger partial charge < -0.3 is 20.5 Å². The van der Waals surface area contributed by atoms with Crippen LogP contribution in [0.25, 0.3) is 0 Å². The second-order valence-electron chi connectivity index (χ2n) is 8.68. The molecule has 0 aliphatic heterocycles. The molecule has 7 nitrogen and oxygen atoms in total. The molecule has 0 aliphatic carbocycles. The summed E-state index contributed by atoms with van der Waals surface area (Å²) >= 11 is 0. The van der Waals surface area contributed by atoms with Crippen molar-refractivity contribution in [2.24, 2.45) is 11.8 Å². The van der Waals surface area contributed by atoms with Crippen LogP contribution in [0.2, 0.25) is 0 Å². The van der Waals surface area contributed by atoms with Crippen molar-refractivity contribution in [3.63, 3.8) is 0 Å². The zero-order valence-electron chi connectivity index (χ0n) is 20.8. The van der Waals surface area contributed by atoms with Gasteiger partial charge in [0.25, 0.3) is 0 Å². The van der Waals surface area contributed by atoms with Crippen molar-refractivity contribution in [1.29, 1.82) is 0 Å². The smallest absolute Gasteiger partial charge is 0.309 e. The summed E-state index contributed by atoms with van der Waals surface area (Å²) in [6, 6.07) is 17.4. The van der Waals surface area contributed by atoms with E-state index in [-0.39, 0.29) is 31.5 Å². The van der Waals surface area contributed by atoms with Crippen molar-refractivity contribution in [1.82, 2.24) is 10.6 Å². The van der Waals surface area contributed by atoms with Crippen molar-refractivity contribution in [2.75, 3.05) is 13.2 Å². The van der Waals surface area contributed by atoms with Crippen LogP contribution in [0.15, 0.2) is 86.0 Å². The van der Waals surface area contributed by atoms with Crippen LogP contribution in [0, 0.1) is 11.8 Å². The summed E-state index contributed by atoms with van der Waals surface area (Å²) < 4.78 is 5.48. The first kappa shape index (κ1) is 28.5. The molecule has 7 heteroatoms. The number of nitrogens with one attached hydrogen (secondary N) is 2. The van der Waals surface area contributed by atoms with Crippen LogP contribution in [0.4, 0.5) is 0 Å². The third kappa shape index (κ3) is 9.15. The lowest BCUT2D eigenvalue weighted by Crippen LogP contribution is -2.48. The third-order valence-corrected chi connectivity index (χ3v) is 5.76. The Labute approximate surface area is 213 Å². The van der Waals surface area contributed by atoms with Crippen molar-refractivity contribution < 1.29 is 24.2 Å². The maximum Gasteiger partial charge on any atom is 0.309 e. The number of rotatable bonds is 15.